The number of rotatable bonds is 9. The lowest BCUT2D eigenvalue weighted by Gasteiger charge is -2.15. The van der Waals surface area contributed by atoms with Gasteiger partial charge in [-0.25, -0.2) is 14.5 Å². The molecule has 0 aliphatic rings. The Hall–Kier alpha value is -5.42. The molecule has 2 aromatic carbocycles. The highest BCUT2D eigenvalue weighted by molar-refractivity contribution is 6.30. The smallest absolute Gasteiger partial charge is 0.437 e. The number of methoxy groups -OCH3 is 2. The fourth-order valence-electron chi connectivity index (χ4n) is 3.91. The minimum Gasteiger partial charge on any atom is -0.497 e. The second-order valence-corrected chi connectivity index (χ2v) is 9.44. The standard InChI is InChI=1S/C29H21ClF3N5O6/c1-42-22-6-3-17(4-7-22)14-38-27(40)19(5-8-24(39)43-2)11-21(36-38)15-37-16-35-26(29(31,32)33)25(28(37)41)44-23-10-18(13-34)9-20(30)12-23/h3-12,16H,14-15H2,1-2H3. The molecular formula is C29H21ClF3N5O6. The number of hydrogen-bond acceptors (Lipinski definition) is 9. The van der Waals surface area contributed by atoms with Gasteiger partial charge in [0.05, 0.1) is 51.0 Å². The van der Waals surface area contributed by atoms with E-state index < -0.39 is 41.3 Å². The second-order valence-electron chi connectivity index (χ2n) is 9.00. The van der Waals surface area contributed by atoms with Gasteiger partial charge < -0.3 is 14.2 Å². The molecule has 2 aromatic heterocycles. The van der Waals surface area contributed by atoms with Gasteiger partial charge in [0.15, 0.2) is 5.69 Å². The van der Waals surface area contributed by atoms with E-state index in [1.165, 1.54) is 25.3 Å². The molecule has 4 rings (SSSR count). The van der Waals surface area contributed by atoms with Gasteiger partial charge in [0.1, 0.15) is 11.5 Å². The Morgan fingerprint density at radius 1 is 1.05 bits per heavy atom. The first-order chi connectivity index (χ1) is 20.9. The molecule has 11 nitrogen and oxygen atoms in total. The van der Waals surface area contributed by atoms with E-state index in [1.54, 1.807) is 30.3 Å². The van der Waals surface area contributed by atoms with Crippen molar-refractivity contribution in [1.29, 1.82) is 5.26 Å². The average molecular weight is 628 g/mol. The van der Waals surface area contributed by atoms with Crippen LogP contribution in [0.15, 0.2) is 70.5 Å². The van der Waals surface area contributed by atoms with Crippen LogP contribution in [-0.2, 0) is 28.8 Å². The SMILES string of the molecule is COC(=O)C=Cc1cc(Cn2cnc(C(F)(F)F)c(Oc3cc(Cl)cc(C#N)c3)c2=O)nn(Cc2ccc(OC)cc2)c1=O. The summed E-state index contributed by atoms with van der Waals surface area (Å²) in [4.78, 5) is 41.6. The molecule has 0 unspecified atom stereocenters. The molecule has 0 atom stereocenters. The van der Waals surface area contributed by atoms with Crippen LogP contribution in [0.25, 0.3) is 6.08 Å². The number of nitrogens with zero attached hydrogens (tertiary/aromatic N) is 5. The summed E-state index contributed by atoms with van der Waals surface area (Å²) < 4.78 is 58.4. The minimum atomic E-state index is -5.07. The Balaban J connectivity index is 1.80. The van der Waals surface area contributed by atoms with Crippen LogP contribution >= 0.6 is 11.6 Å². The summed E-state index contributed by atoms with van der Waals surface area (Å²) in [5.41, 5.74) is -2.73. The number of benzene rings is 2. The maximum absolute atomic E-state index is 13.8. The maximum atomic E-state index is 13.8. The average Bonchev–Trinajstić information content (AvgIpc) is 2.99. The monoisotopic (exact) mass is 627 g/mol. The number of carbonyl (C=O) groups excluding carboxylic acids is 1. The van der Waals surface area contributed by atoms with Crippen molar-refractivity contribution in [3.05, 3.63) is 115 Å². The van der Waals surface area contributed by atoms with E-state index in [1.807, 2.05) is 0 Å². The molecule has 0 N–H and O–H groups in total. The maximum Gasteiger partial charge on any atom is 0.437 e. The summed E-state index contributed by atoms with van der Waals surface area (Å²) in [5.74, 6) is -1.62. The number of esters is 1. The van der Waals surface area contributed by atoms with Crippen molar-refractivity contribution in [2.75, 3.05) is 14.2 Å². The van der Waals surface area contributed by atoms with Gasteiger partial charge in [0.2, 0.25) is 5.75 Å². The highest BCUT2D eigenvalue weighted by Gasteiger charge is 2.39. The van der Waals surface area contributed by atoms with E-state index in [9.17, 15) is 32.8 Å². The predicted octanol–water partition coefficient (Wildman–Crippen LogP) is 4.43. The quantitative estimate of drug-likeness (QED) is 0.195. The number of ether oxygens (including phenoxy) is 3. The highest BCUT2D eigenvalue weighted by Crippen LogP contribution is 2.35. The molecule has 0 aliphatic carbocycles. The summed E-state index contributed by atoms with van der Waals surface area (Å²) in [6, 6.07) is 13.3. The Labute approximate surface area is 251 Å². The van der Waals surface area contributed by atoms with Crippen LogP contribution in [0, 0.1) is 11.3 Å². The zero-order valence-corrected chi connectivity index (χ0v) is 23.7. The van der Waals surface area contributed by atoms with E-state index in [2.05, 4.69) is 14.8 Å². The summed E-state index contributed by atoms with van der Waals surface area (Å²) in [6.07, 6.45) is -2.20. The molecule has 15 heteroatoms. The second kappa shape index (κ2) is 13.3. The van der Waals surface area contributed by atoms with Gasteiger partial charge in [-0.15, -0.1) is 0 Å². The Kier molecular flexibility index (Phi) is 9.50. The molecule has 0 radical (unpaired) electrons. The molecule has 0 saturated heterocycles. The van der Waals surface area contributed by atoms with Crippen LogP contribution in [-0.4, -0.2) is 39.5 Å². The fraction of sp³-hybridized carbons (Fsp3) is 0.172. The van der Waals surface area contributed by atoms with Gasteiger partial charge in [0, 0.05) is 16.7 Å². The van der Waals surface area contributed by atoms with Crippen LogP contribution in [0.1, 0.15) is 28.1 Å². The molecule has 0 saturated carbocycles. The fourth-order valence-corrected chi connectivity index (χ4v) is 4.13. The molecule has 226 valence electrons. The van der Waals surface area contributed by atoms with Crippen molar-refractivity contribution in [1.82, 2.24) is 19.3 Å². The zero-order valence-electron chi connectivity index (χ0n) is 23.0. The van der Waals surface area contributed by atoms with Gasteiger partial charge in [-0.1, -0.05) is 23.7 Å². The van der Waals surface area contributed by atoms with Crippen LogP contribution < -0.4 is 20.6 Å². The summed E-state index contributed by atoms with van der Waals surface area (Å²) in [5, 5.41) is 13.5. The van der Waals surface area contributed by atoms with Gasteiger partial charge in [-0.2, -0.15) is 23.5 Å². The van der Waals surface area contributed by atoms with Crippen molar-refractivity contribution in [3.63, 3.8) is 0 Å². The lowest BCUT2D eigenvalue weighted by atomic mass is 10.2. The Bertz CT molecular complexity index is 1900. The lowest BCUT2D eigenvalue weighted by Crippen LogP contribution is -2.30. The van der Waals surface area contributed by atoms with E-state index in [0.29, 0.717) is 17.6 Å². The van der Waals surface area contributed by atoms with Crippen molar-refractivity contribution in [3.8, 4) is 23.3 Å². The molecule has 4 aromatic rings. The topological polar surface area (TPSA) is 138 Å². The van der Waals surface area contributed by atoms with E-state index >= 15 is 0 Å². The van der Waals surface area contributed by atoms with Crippen molar-refractivity contribution in [2.45, 2.75) is 19.3 Å². The van der Waals surface area contributed by atoms with Gasteiger partial charge in [-0.3, -0.25) is 14.2 Å². The van der Waals surface area contributed by atoms with Crippen molar-refractivity contribution >= 4 is 23.6 Å². The van der Waals surface area contributed by atoms with Crippen molar-refractivity contribution in [2.24, 2.45) is 0 Å². The summed E-state index contributed by atoms with van der Waals surface area (Å²) in [7, 11) is 2.65. The number of alkyl halides is 3. The Morgan fingerprint density at radius 2 is 1.77 bits per heavy atom. The normalized spacial score (nSPS) is 11.3. The minimum absolute atomic E-state index is 0.00678. The molecule has 0 amide bonds. The van der Waals surface area contributed by atoms with E-state index in [-0.39, 0.29) is 34.1 Å². The number of nitriles is 1. The first kappa shape index (κ1) is 31.5. The van der Waals surface area contributed by atoms with Crippen LogP contribution in [0.4, 0.5) is 13.2 Å². The lowest BCUT2D eigenvalue weighted by molar-refractivity contribution is -0.142. The third-order valence-electron chi connectivity index (χ3n) is 5.96. The molecule has 0 bridgehead atoms. The highest BCUT2D eigenvalue weighted by atomic mass is 35.5. The van der Waals surface area contributed by atoms with Crippen LogP contribution in [0.3, 0.4) is 0 Å². The van der Waals surface area contributed by atoms with E-state index in [0.717, 1.165) is 34.6 Å². The third kappa shape index (κ3) is 7.50. The molecule has 0 fully saturated rings. The Morgan fingerprint density at radius 3 is 2.41 bits per heavy atom. The summed E-state index contributed by atoms with van der Waals surface area (Å²) in [6.45, 7) is -0.471. The van der Waals surface area contributed by atoms with Gasteiger partial charge >= 0.3 is 12.1 Å². The first-order valence-corrected chi connectivity index (χ1v) is 12.8. The summed E-state index contributed by atoms with van der Waals surface area (Å²) >= 11 is 5.94. The van der Waals surface area contributed by atoms with Crippen molar-refractivity contribution < 1.29 is 32.2 Å². The number of hydrogen-bond donors (Lipinski definition) is 0. The third-order valence-corrected chi connectivity index (χ3v) is 6.18. The van der Waals surface area contributed by atoms with Gasteiger partial charge in [0.25, 0.3) is 11.1 Å². The molecule has 0 aliphatic heterocycles. The van der Waals surface area contributed by atoms with Gasteiger partial charge in [-0.05, 0) is 48.0 Å². The zero-order chi connectivity index (χ0) is 32.0. The molecule has 0 spiro atoms. The predicted molar refractivity (Wildman–Crippen MR) is 150 cm³/mol. The van der Waals surface area contributed by atoms with Crippen LogP contribution in [0.5, 0.6) is 17.2 Å². The molecule has 2 heterocycles. The molecular weight excluding hydrogens is 607 g/mol. The number of halogens is 4. The van der Waals surface area contributed by atoms with E-state index in [4.69, 9.17) is 21.1 Å². The number of carbonyl (C=O) groups is 1. The first-order valence-electron chi connectivity index (χ1n) is 12.5. The molecule has 44 heavy (non-hydrogen) atoms. The largest absolute Gasteiger partial charge is 0.497 e. The number of aromatic nitrogens is 4. The van der Waals surface area contributed by atoms with Crippen LogP contribution in [0.2, 0.25) is 5.02 Å².